The van der Waals surface area contributed by atoms with Crippen molar-refractivity contribution >= 4 is 21.6 Å². The Balaban J connectivity index is 2.07. The third-order valence-electron chi connectivity index (χ3n) is 4.63. The summed E-state index contributed by atoms with van der Waals surface area (Å²) in [6.07, 6.45) is 1.50. The lowest BCUT2D eigenvalue weighted by Crippen LogP contribution is -2.32. The molecule has 0 saturated heterocycles. The van der Waals surface area contributed by atoms with Crippen molar-refractivity contribution in [3.63, 3.8) is 0 Å². The topological polar surface area (TPSA) is 84.3 Å². The normalized spacial score (nSPS) is 11.5. The average Bonchev–Trinajstić information content (AvgIpc) is 3.06. The van der Waals surface area contributed by atoms with E-state index in [4.69, 9.17) is 0 Å². The van der Waals surface area contributed by atoms with Crippen molar-refractivity contribution in [2.75, 3.05) is 4.31 Å². The molecule has 0 aliphatic heterocycles. The Morgan fingerprint density at radius 1 is 1.13 bits per heavy atom. The van der Waals surface area contributed by atoms with Gasteiger partial charge in [-0.15, -0.1) is 0 Å². The van der Waals surface area contributed by atoms with Crippen molar-refractivity contribution in [2.24, 2.45) is 7.05 Å². The zero-order valence-corrected chi connectivity index (χ0v) is 18.3. The molecule has 30 heavy (non-hydrogen) atoms. The van der Waals surface area contributed by atoms with Crippen LogP contribution in [-0.4, -0.2) is 29.9 Å². The summed E-state index contributed by atoms with van der Waals surface area (Å²) >= 11 is 0. The van der Waals surface area contributed by atoms with E-state index in [0.717, 1.165) is 5.56 Å². The van der Waals surface area contributed by atoms with Crippen LogP contribution in [0.5, 0.6) is 0 Å². The molecule has 0 fully saturated rings. The number of aryl methyl sites for hydroxylation is 2. The van der Waals surface area contributed by atoms with Gasteiger partial charge in [-0.25, -0.2) is 4.98 Å². The van der Waals surface area contributed by atoms with Gasteiger partial charge in [0, 0.05) is 24.8 Å². The monoisotopic (exact) mass is 426 g/mol. The van der Waals surface area contributed by atoms with Crippen LogP contribution in [-0.2, 0) is 23.6 Å². The quantitative estimate of drug-likeness (QED) is 0.628. The lowest BCUT2D eigenvalue weighted by Gasteiger charge is -2.24. The van der Waals surface area contributed by atoms with Gasteiger partial charge >= 0.3 is 0 Å². The summed E-state index contributed by atoms with van der Waals surface area (Å²) in [5.74, 6) is 0.343. The van der Waals surface area contributed by atoms with E-state index in [1.54, 1.807) is 42.8 Å². The van der Waals surface area contributed by atoms with E-state index in [1.165, 1.54) is 10.5 Å². The molecule has 3 rings (SSSR count). The minimum Gasteiger partial charge on any atom is -0.350 e. The number of hydrogen-bond donors (Lipinski definition) is 1. The first-order valence-electron chi connectivity index (χ1n) is 9.66. The van der Waals surface area contributed by atoms with E-state index < -0.39 is 10.0 Å². The molecule has 0 radical (unpaired) electrons. The third-order valence-corrected chi connectivity index (χ3v) is 6.27. The van der Waals surface area contributed by atoms with Gasteiger partial charge in [-0.05, 0) is 44.5 Å². The zero-order chi connectivity index (χ0) is 21.9. The number of anilines is 1. The van der Waals surface area contributed by atoms with Crippen LogP contribution < -0.4 is 9.62 Å². The van der Waals surface area contributed by atoms with Crippen LogP contribution in [0.15, 0.2) is 65.8 Å². The smallest absolute Gasteiger partial charge is 0.283 e. The molecular formula is C22H26N4O3S. The highest BCUT2D eigenvalue weighted by molar-refractivity contribution is 7.92. The second kappa shape index (κ2) is 8.71. The molecule has 0 bridgehead atoms. The van der Waals surface area contributed by atoms with Crippen LogP contribution in [0.4, 0.5) is 5.69 Å². The SMILES string of the molecule is Cc1nc(S(=O)(=O)N(Cc2ccccc2)c2cccc(C(=O)NC(C)C)c2)cn1C. The van der Waals surface area contributed by atoms with Crippen molar-refractivity contribution in [1.29, 1.82) is 0 Å². The first-order chi connectivity index (χ1) is 14.2. The number of hydrogen-bond acceptors (Lipinski definition) is 4. The number of rotatable bonds is 7. The number of benzene rings is 2. The molecule has 1 N–H and O–H groups in total. The van der Waals surface area contributed by atoms with Gasteiger partial charge in [-0.2, -0.15) is 8.42 Å². The Hall–Kier alpha value is -3.13. The maximum atomic E-state index is 13.5. The highest BCUT2D eigenvalue weighted by atomic mass is 32.2. The molecule has 1 amide bonds. The van der Waals surface area contributed by atoms with Crippen molar-refractivity contribution in [2.45, 2.75) is 38.4 Å². The molecule has 0 unspecified atom stereocenters. The Morgan fingerprint density at radius 3 is 2.43 bits per heavy atom. The Bertz CT molecular complexity index is 1120. The molecule has 0 saturated carbocycles. The van der Waals surface area contributed by atoms with E-state index in [9.17, 15) is 13.2 Å². The zero-order valence-electron chi connectivity index (χ0n) is 17.5. The van der Waals surface area contributed by atoms with E-state index in [-0.39, 0.29) is 23.5 Å². The second-order valence-electron chi connectivity index (χ2n) is 7.41. The number of amides is 1. The number of carbonyl (C=O) groups is 1. The number of nitrogens with one attached hydrogen (secondary N) is 1. The van der Waals surface area contributed by atoms with Crippen molar-refractivity contribution < 1.29 is 13.2 Å². The first-order valence-corrected chi connectivity index (χ1v) is 11.1. The molecule has 3 aromatic rings. The maximum Gasteiger partial charge on any atom is 0.283 e. The summed E-state index contributed by atoms with van der Waals surface area (Å²) in [4.78, 5) is 16.7. The van der Waals surface area contributed by atoms with E-state index in [2.05, 4.69) is 10.3 Å². The molecule has 158 valence electrons. The van der Waals surface area contributed by atoms with Gasteiger partial charge in [-0.1, -0.05) is 36.4 Å². The van der Waals surface area contributed by atoms with Gasteiger partial charge < -0.3 is 9.88 Å². The molecule has 7 nitrogen and oxygen atoms in total. The molecule has 1 aromatic heterocycles. The maximum absolute atomic E-state index is 13.5. The number of aromatic nitrogens is 2. The van der Waals surface area contributed by atoms with Gasteiger partial charge in [0.1, 0.15) is 5.82 Å². The fraction of sp³-hybridized carbons (Fsp3) is 0.273. The molecule has 8 heteroatoms. The van der Waals surface area contributed by atoms with Crippen molar-refractivity contribution in [1.82, 2.24) is 14.9 Å². The van der Waals surface area contributed by atoms with E-state index in [0.29, 0.717) is 17.1 Å². The Labute approximate surface area is 177 Å². The summed E-state index contributed by atoms with van der Waals surface area (Å²) in [6, 6.07) is 15.9. The summed E-state index contributed by atoms with van der Waals surface area (Å²) in [5, 5.41) is 2.80. The molecule has 0 aliphatic rings. The van der Waals surface area contributed by atoms with Gasteiger partial charge in [0.15, 0.2) is 5.03 Å². The summed E-state index contributed by atoms with van der Waals surface area (Å²) in [6.45, 7) is 5.61. The van der Waals surface area contributed by atoms with Gasteiger partial charge in [0.25, 0.3) is 15.9 Å². The lowest BCUT2D eigenvalue weighted by atomic mass is 10.1. The molecule has 1 heterocycles. The minimum atomic E-state index is -3.95. The molecule has 0 spiro atoms. The first kappa shape index (κ1) is 21.6. The van der Waals surface area contributed by atoms with Crippen LogP contribution in [0, 0.1) is 6.92 Å². The molecule has 2 aromatic carbocycles. The summed E-state index contributed by atoms with van der Waals surface area (Å²) < 4.78 is 30.0. The Morgan fingerprint density at radius 2 is 1.83 bits per heavy atom. The summed E-state index contributed by atoms with van der Waals surface area (Å²) in [5.41, 5.74) is 1.62. The number of nitrogens with zero attached hydrogens (tertiary/aromatic N) is 3. The van der Waals surface area contributed by atoms with Gasteiger partial charge in [-0.3, -0.25) is 9.10 Å². The molecule has 0 atom stereocenters. The minimum absolute atomic E-state index is 0.0261. The second-order valence-corrected chi connectivity index (χ2v) is 9.22. The van der Waals surface area contributed by atoms with E-state index >= 15 is 0 Å². The van der Waals surface area contributed by atoms with Crippen LogP contribution in [0.25, 0.3) is 0 Å². The highest BCUT2D eigenvalue weighted by Crippen LogP contribution is 2.26. The van der Waals surface area contributed by atoms with Crippen LogP contribution in [0.1, 0.15) is 35.6 Å². The number of imidazole rings is 1. The fourth-order valence-corrected chi connectivity index (χ4v) is 4.45. The standard InChI is InChI=1S/C22H26N4O3S/c1-16(2)23-22(27)19-11-8-12-20(13-19)26(14-18-9-6-5-7-10-18)30(28,29)21-15-25(4)17(3)24-21/h5-13,15-16H,14H2,1-4H3,(H,23,27). The van der Waals surface area contributed by atoms with Gasteiger partial charge in [0.05, 0.1) is 12.2 Å². The Kier molecular flexibility index (Phi) is 6.26. The predicted octanol–water partition coefficient (Wildman–Crippen LogP) is 3.26. The molecular weight excluding hydrogens is 400 g/mol. The highest BCUT2D eigenvalue weighted by Gasteiger charge is 2.28. The fourth-order valence-electron chi connectivity index (χ4n) is 2.98. The largest absolute Gasteiger partial charge is 0.350 e. The van der Waals surface area contributed by atoms with Crippen molar-refractivity contribution in [3.8, 4) is 0 Å². The molecule has 0 aliphatic carbocycles. The van der Waals surface area contributed by atoms with Crippen LogP contribution in [0.2, 0.25) is 0 Å². The van der Waals surface area contributed by atoms with Gasteiger partial charge in [0.2, 0.25) is 0 Å². The lowest BCUT2D eigenvalue weighted by molar-refractivity contribution is 0.0943. The number of sulfonamides is 1. The predicted molar refractivity (Wildman–Crippen MR) is 117 cm³/mol. The summed E-state index contributed by atoms with van der Waals surface area (Å²) in [7, 11) is -2.20. The number of carbonyl (C=O) groups excluding carboxylic acids is 1. The third kappa shape index (κ3) is 4.71. The van der Waals surface area contributed by atoms with Crippen molar-refractivity contribution in [3.05, 3.63) is 77.7 Å². The van der Waals surface area contributed by atoms with Crippen LogP contribution >= 0.6 is 0 Å². The average molecular weight is 427 g/mol. The van der Waals surface area contributed by atoms with E-state index in [1.807, 2.05) is 44.2 Å². The van der Waals surface area contributed by atoms with Crippen LogP contribution in [0.3, 0.4) is 0 Å².